The van der Waals surface area contributed by atoms with Crippen molar-refractivity contribution in [3.05, 3.63) is 29.8 Å². The minimum absolute atomic E-state index is 0.00657. The number of nitrogens with one attached hydrogen (secondary N) is 1. The molecule has 0 fully saturated rings. The minimum Gasteiger partial charge on any atom is -0.452 e. The van der Waals surface area contributed by atoms with Crippen LogP contribution >= 0.6 is 0 Å². The number of hydrogen-bond donors (Lipinski definition) is 1. The maximum absolute atomic E-state index is 12.0. The molecule has 0 bridgehead atoms. The maximum atomic E-state index is 12.0. The Morgan fingerprint density at radius 1 is 1.40 bits per heavy atom. The third-order valence-corrected chi connectivity index (χ3v) is 2.02. The van der Waals surface area contributed by atoms with Crippen molar-refractivity contribution in [3.8, 4) is 18.1 Å². The van der Waals surface area contributed by atoms with Crippen molar-refractivity contribution in [3.63, 3.8) is 0 Å². The van der Waals surface area contributed by atoms with Crippen LogP contribution in [-0.2, 0) is 9.53 Å². The molecule has 1 N–H and O–H groups in total. The summed E-state index contributed by atoms with van der Waals surface area (Å²) in [5, 5.41) is 2.30. The van der Waals surface area contributed by atoms with E-state index in [4.69, 9.17) is 6.42 Å². The Morgan fingerprint density at radius 2 is 2.15 bits per heavy atom. The fourth-order valence-electron chi connectivity index (χ4n) is 1.21. The molecule has 1 amide bonds. The minimum atomic E-state index is -2.99. The van der Waals surface area contributed by atoms with Crippen molar-refractivity contribution >= 4 is 11.9 Å². The molecular formula is C13H11F2NO4. The molecule has 0 atom stereocenters. The van der Waals surface area contributed by atoms with Crippen LogP contribution in [0, 0.1) is 12.3 Å². The molecule has 0 saturated heterocycles. The van der Waals surface area contributed by atoms with Crippen LogP contribution in [0.3, 0.4) is 0 Å². The Labute approximate surface area is 113 Å². The van der Waals surface area contributed by atoms with Gasteiger partial charge in [-0.15, -0.1) is 6.42 Å². The van der Waals surface area contributed by atoms with E-state index in [1.807, 2.05) is 0 Å². The molecule has 1 rings (SSSR count). The smallest absolute Gasteiger partial charge is 0.387 e. The van der Waals surface area contributed by atoms with E-state index in [9.17, 15) is 18.4 Å². The van der Waals surface area contributed by atoms with Gasteiger partial charge in [-0.2, -0.15) is 8.78 Å². The number of benzene rings is 1. The van der Waals surface area contributed by atoms with E-state index >= 15 is 0 Å². The second-order valence-electron chi connectivity index (χ2n) is 3.46. The summed E-state index contributed by atoms with van der Waals surface area (Å²) in [6, 6.07) is 5.06. The number of amides is 1. The average Bonchev–Trinajstić information content (AvgIpc) is 2.42. The predicted molar refractivity (Wildman–Crippen MR) is 65.2 cm³/mol. The standard InChI is InChI=1S/C13H11F2NO4/c1-2-6-16-11(17)8-19-12(18)9-4-3-5-10(7-9)20-13(14)15/h1,3-5,7,13H,6,8H2,(H,16,17). The molecule has 0 unspecified atom stereocenters. The van der Waals surface area contributed by atoms with Gasteiger partial charge in [0.15, 0.2) is 6.61 Å². The van der Waals surface area contributed by atoms with Crippen molar-refractivity contribution in [2.45, 2.75) is 6.61 Å². The quantitative estimate of drug-likeness (QED) is 0.629. The van der Waals surface area contributed by atoms with Crippen LogP contribution in [0.4, 0.5) is 8.78 Å². The third kappa shape index (κ3) is 5.35. The zero-order chi connectivity index (χ0) is 15.0. The summed E-state index contributed by atoms with van der Waals surface area (Å²) in [6.45, 7) is -3.48. The molecule has 0 radical (unpaired) electrons. The lowest BCUT2D eigenvalue weighted by Gasteiger charge is -2.07. The van der Waals surface area contributed by atoms with Crippen LogP contribution in [-0.4, -0.2) is 31.6 Å². The van der Waals surface area contributed by atoms with Gasteiger partial charge in [0.05, 0.1) is 12.1 Å². The summed E-state index contributed by atoms with van der Waals surface area (Å²) in [5.41, 5.74) is -0.00657. The van der Waals surface area contributed by atoms with Gasteiger partial charge in [0.25, 0.3) is 5.91 Å². The number of carbonyl (C=O) groups is 2. The predicted octanol–water partition coefficient (Wildman–Crippen LogP) is 1.19. The third-order valence-electron chi connectivity index (χ3n) is 2.02. The summed E-state index contributed by atoms with van der Waals surface area (Å²) in [6.07, 6.45) is 4.93. The monoisotopic (exact) mass is 283 g/mol. The molecule has 106 valence electrons. The average molecular weight is 283 g/mol. The van der Waals surface area contributed by atoms with Gasteiger partial charge in [0.1, 0.15) is 5.75 Å². The van der Waals surface area contributed by atoms with Crippen LogP contribution in [0.15, 0.2) is 24.3 Å². The molecule has 7 heteroatoms. The van der Waals surface area contributed by atoms with Gasteiger partial charge >= 0.3 is 12.6 Å². The largest absolute Gasteiger partial charge is 0.452 e. The Balaban J connectivity index is 2.55. The van der Waals surface area contributed by atoms with Gasteiger partial charge in [-0.25, -0.2) is 4.79 Å². The molecule has 0 spiro atoms. The fraction of sp³-hybridized carbons (Fsp3) is 0.231. The van der Waals surface area contributed by atoms with Gasteiger partial charge in [-0.3, -0.25) is 4.79 Å². The highest BCUT2D eigenvalue weighted by Crippen LogP contribution is 2.16. The van der Waals surface area contributed by atoms with Crippen molar-refractivity contribution in [2.75, 3.05) is 13.2 Å². The number of carbonyl (C=O) groups excluding carboxylic acids is 2. The van der Waals surface area contributed by atoms with Crippen molar-refractivity contribution < 1.29 is 27.8 Å². The zero-order valence-electron chi connectivity index (χ0n) is 10.3. The van der Waals surface area contributed by atoms with E-state index in [1.165, 1.54) is 18.2 Å². The summed E-state index contributed by atoms with van der Waals surface area (Å²) < 4.78 is 32.9. The number of ether oxygens (including phenoxy) is 2. The molecule has 0 aromatic heterocycles. The van der Waals surface area contributed by atoms with E-state index in [2.05, 4.69) is 20.7 Å². The van der Waals surface area contributed by atoms with Crippen molar-refractivity contribution in [1.82, 2.24) is 5.32 Å². The SMILES string of the molecule is C#CCNC(=O)COC(=O)c1cccc(OC(F)F)c1. The number of esters is 1. The normalized spacial score (nSPS) is 9.70. The lowest BCUT2D eigenvalue weighted by atomic mass is 10.2. The maximum Gasteiger partial charge on any atom is 0.387 e. The Morgan fingerprint density at radius 3 is 2.80 bits per heavy atom. The number of rotatable bonds is 6. The fourth-order valence-corrected chi connectivity index (χ4v) is 1.21. The first-order valence-electron chi connectivity index (χ1n) is 5.45. The molecule has 0 aliphatic rings. The first kappa shape index (κ1) is 15.4. The highest BCUT2D eigenvalue weighted by molar-refractivity contribution is 5.91. The molecule has 0 saturated carbocycles. The number of halogens is 2. The summed E-state index contributed by atoms with van der Waals surface area (Å²) >= 11 is 0. The van der Waals surface area contributed by atoms with Crippen LogP contribution < -0.4 is 10.1 Å². The molecule has 1 aromatic carbocycles. The Hall–Kier alpha value is -2.62. The van der Waals surface area contributed by atoms with Gasteiger partial charge in [0, 0.05) is 0 Å². The molecule has 0 aliphatic carbocycles. The molecular weight excluding hydrogens is 272 g/mol. The number of hydrogen-bond acceptors (Lipinski definition) is 4. The number of terminal acetylenes is 1. The van der Waals surface area contributed by atoms with Gasteiger partial charge in [0.2, 0.25) is 0 Å². The Bertz CT molecular complexity index is 525. The van der Waals surface area contributed by atoms with E-state index in [-0.39, 0.29) is 17.9 Å². The lowest BCUT2D eigenvalue weighted by molar-refractivity contribution is -0.123. The molecule has 20 heavy (non-hydrogen) atoms. The Kier molecular flexibility index (Phi) is 5.97. The first-order valence-corrected chi connectivity index (χ1v) is 5.45. The summed E-state index contributed by atoms with van der Waals surface area (Å²) in [4.78, 5) is 22.7. The van der Waals surface area contributed by atoms with E-state index in [1.54, 1.807) is 0 Å². The summed E-state index contributed by atoms with van der Waals surface area (Å²) in [5.74, 6) is 0.617. The topological polar surface area (TPSA) is 64.6 Å². The molecule has 0 heterocycles. The highest BCUT2D eigenvalue weighted by atomic mass is 19.3. The van der Waals surface area contributed by atoms with Crippen LogP contribution in [0.25, 0.3) is 0 Å². The first-order chi connectivity index (χ1) is 9.52. The summed E-state index contributed by atoms with van der Waals surface area (Å²) in [7, 11) is 0. The number of alkyl halides is 2. The van der Waals surface area contributed by atoms with Gasteiger partial charge < -0.3 is 14.8 Å². The van der Waals surface area contributed by atoms with Gasteiger partial charge in [-0.05, 0) is 18.2 Å². The van der Waals surface area contributed by atoms with E-state index < -0.39 is 25.1 Å². The second-order valence-corrected chi connectivity index (χ2v) is 3.46. The molecule has 1 aromatic rings. The van der Waals surface area contributed by atoms with E-state index in [0.717, 1.165) is 6.07 Å². The van der Waals surface area contributed by atoms with E-state index in [0.29, 0.717) is 0 Å². The van der Waals surface area contributed by atoms with Crippen LogP contribution in [0.5, 0.6) is 5.75 Å². The van der Waals surface area contributed by atoms with Crippen molar-refractivity contribution in [2.24, 2.45) is 0 Å². The lowest BCUT2D eigenvalue weighted by Crippen LogP contribution is -2.29. The van der Waals surface area contributed by atoms with Crippen molar-refractivity contribution in [1.29, 1.82) is 0 Å². The van der Waals surface area contributed by atoms with Crippen LogP contribution in [0.1, 0.15) is 10.4 Å². The zero-order valence-corrected chi connectivity index (χ0v) is 10.3. The van der Waals surface area contributed by atoms with Gasteiger partial charge in [-0.1, -0.05) is 12.0 Å². The highest BCUT2D eigenvalue weighted by Gasteiger charge is 2.12. The molecule has 5 nitrogen and oxygen atoms in total. The second kappa shape index (κ2) is 7.74. The molecule has 0 aliphatic heterocycles. The van der Waals surface area contributed by atoms with Crippen LogP contribution in [0.2, 0.25) is 0 Å².